The van der Waals surface area contributed by atoms with E-state index in [0.717, 1.165) is 0 Å². The quantitative estimate of drug-likeness (QED) is 0.662. The maximum atomic E-state index is 13.2. The summed E-state index contributed by atoms with van der Waals surface area (Å²) in [6.07, 6.45) is 1.29. The van der Waals surface area contributed by atoms with Crippen molar-refractivity contribution in [1.82, 2.24) is 14.8 Å². The zero-order valence-electron chi connectivity index (χ0n) is 9.83. The zero-order chi connectivity index (χ0) is 14.0. The number of ether oxygens (including phenoxy) is 1. The van der Waals surface area contributed by atoms with E-state index < -0.39 is 11.8 Å². The highest BCUT2D eigenvalue weighted by atomic mass is 32.1. The summed E-state index contributed by atoms with van der Waals surface area (Å²) >= 11 is 4.85. The van der Waals surface area contributed by atoms with Gasteiger partial charge in [-0.05, 0) is 18.2 Å². The van der Waals surface area contributed by atoms with Crippen LogP contribution in [0.1, 0.15) is 16.2 Å². The predicted octanol–water partition coefficient (Wildman–Crippen LogP) is 0.827. The molecular weight excluding hydrogens is 271 g/mol. The van der Waals surface area contributed by atoms with Gasteiger partial charge in [0.05, 0.1) is 12.8 Å². The third-order valence-corrected chi connectivity index (χ3v) is 2.55. The molecule has 0 atom stereocenters. The lowest BCUT2D eigenvalue weighted by Crippen LogP contribution is -2.14. The van der Waals surface area contributed by atoms with Crippen molar-refractivity contribution in [2.24, 2.45) is 5.73 Å². The van der Waals surface area contributed by atoms with Crippen LogP contribution >= 0.6 is 12.2 Å². The van der Waals surface area contributed by atoms with Gasteiger partial charge in [0.25, 0.3) is 5.82 Å². The number of nitrogens with zero attached hydrogens (tertiary/aromatic N) is 3. The Kier molecular flexibility index (Phi) is 3.52. The van der Waals surface area contributed by atoms with Crippen LogP contribution in [0, 0.1) is 5.82 Å². The maximum Gasteiger partial charge on any atom is 0.377 e. The van der Waals surface area contributed by atoms with Gasteiger partial charge in [0.15, 0.2) is 0 Å². The Morgan fingerprint density at radius 2 is 2.26 bits per heavy atom. The molecule has 19 heavy (non-hydrogen) atoms. The number of hydrogen-bond acceptors (Lipinski definition) is 5. The monoisotopic (exact) mass is 280 g/mol. The Morgan fingerprint density at radius 3 is 2.89 bits per heavy atom. The molecule has 0 fully saturated rings. The molecule has 0 saturated carbocycles. The molecule has 1 aromatic heterocycles. The van der Waals surface area contributed by atoms with Crippen LogP contribution in [0.25, 0.3) is 5.69 Å². The lowest BCUT2D eigenvalue weighted by molar-refractivity contribution is 0.0587. The van der Waals surface area contributed by atoms with E-state index in [4.69, 9.17) is 18.0 Å². The van der Waals surface area contributed by atoms with Crippen LogP contribution in [0.2, 0.25) is 0 Å². The first-order chi connectivity index (χ1) is 9.02. The van der Waals surface area contributed by atoms with Crippen LogP contribution in [0.5, 0.6) is 0 Å². The summed E-state index contributed by atoms with van der Waals surface area (Å²) in [6.45, 7) is 0. The normalized spacial score (nSPS) is 10.2. The second-order valence-corrected chi connectivity index (χ2v) is 3.97. The smallest absolute Gasteiger partial charge is 0.377 e. The summed E-state index contributed by atoms with van der Waals surface area (Å²) in [4.78, 5) is 15.1. The molecule has 0 bridgehead atoms. The third-order valence-electron chi connectivity index (χ3n) is 2.33. The Balaban J connectivity index is 2.50. The molecule has 0 unspecified atom stereocenters. The number of thiocarbonyl (C=S) groups is 1. The molecule has 0 saturated heterocycles. The molecule has 6 nitrogen and oxygen atoms in total. The Hall–Kier alpha value is -2.35. The number of nitrogens with two attached hydrogens (primary N) is 1. The van der Waals surface area contributed by atoms with E-state index >= 15 is 0 Å². The molecule has 2 N–H and O–H groups in total. The summed E-state index contributed by atoms with van der Waals surface area (Å²) < 4.78 is 18.9. The summed E-state index contributed by atoms with van der Waals surface area (Å²) in [5.41, 5.74) is 6.25. The van der Waals surface area contributed by atoms with E-state index in [-0.39, 0.29) is 10.8 Å². The van der Waals surface area contributed by atoms with Crippen molar-refractivity contribution in [2.45, 2.75) is 0 Å². The first-order valence-corrected chi connectivity index (χ1v) is 5.53. The third kappa shape index (κ3) is 2.58. The van der Waals surface area contributed by atoms with Crippen molar-refractivity contribution in [1.29, 1.82) is 0 Å². The van der Waals surface area contributed by atoms with Gasteiger partial charge in [-0.1, -0.05) is 12.2 Å². The highest BCUT2D eigenvalue weighted by Crippen LogP contribution is 2.15. The molecule has 0 amide bonds. The molecule has 1 aromatic carbocycles. The molecule has 98 valence electrons. The van der Waals surface area contributed by atoms with Gasteiger partial charge in [-0.2, -0.15) is 0 Å². The number of benzene rings is 1. The first kappa shape index (κ1) is 13.1. The molecule has 0 aliphatic carbocycles. The van der Waals surface area contributed by atoms with E-state index in [1.807, 2.05) is 0 Å². The van der Waals surface area contributed by atoms with Crippen LogP contribution in [-0.2, 0) is 4.74 Å². The number of esters is 1. The highest BCUT2D eigenvalue weighted by molar-refractivity contribution is 7.80. The van der Waals surface area contributed by atoms with E-state index in [1.54, 1.807) is 0 Å². The number of carbonyl (C=O) groups is 1. The maximum absolute atomic E-state index is 13.2. The molecular formula is C11H9FN4O2S. The van der Waals surface area contributed by atoms with E-state index in [0.29, 0.717) is 11.3 Å². The average molecular weight is 280 g/mol. The van der Waals surface area contributed by atoms with Crippen LogP contribution < -0.4 is 5.73 Å². The number of hydrogen-bond donors (Lipinski definition) is 1. The number of methoxy groups -OCH3 is 1. The highest BCUT2D eigenvalue weighted by Gasteiger charge is 2.15. The zero-order valence-corrected chi connectivity index (χ0v) is 10.6. The van der Waals surface area contributed by atoms with Gasteiger partial charge in [0.1, 0.15) is 17.1 Å². The minimum Gasteiger partial charge on any atom is -0.463 e. The van der Waals surface area contributed by atoms with Crippen molar-refractivity contribution in [3.05, 3.63) is 41.7 Å². The Labute approximate surface area is 113 Å². The number of carbonyl (C=O) groups excluding carboxylic acids is 1. The van der Waals surface area contributed by atoms with Gasteiger partial charge in [-0.3, -0.25) is 0 Å². The fourth-order valence-corrected chi connectivity index (χ4v) is 1.63. The van der Waals surface area contributed by atoms with Gasteiger partial charge < -0.3 is 10.5 Å². The van der Waals surface area contributed by atoms with E-state index in [1.165, 1.54) is 36.3 Å². The van der Waals surface area contributed by atoms with Gasteiger partial charge in [0, 0.05) is 5.56 Å². The lowest BCUT2D eigenvalue weighted by Gasteiger charge is -2.07. The van der Waals surface area contributed by atoms with Crippen LogP contribution in [-0.4, -0.2) is 32.8 Å². The second-order valence-electron chi connectivity index (χ2n) is 3.53. The van der Waals surface area contributed by atoms with Crippen LogP contribution in [0.4, 0.5) is 4.39 Å². The largest absolute Gasteiger partial charge is 0.463 e. The summed E-state index contributed by atoms with van der Waals surface area (Å²) in [5.74, 6) is -1.25. The number of rotatable bonds is 3. The SMILES string of the molecule is COC(=O)c1ncn(-c2ccc(F)cc2C(N)=S)n1. The fourth-order valence-electron chi connectivity index (χ4n) is 1.47. The van der Waals surface area contributed by atoms with Crippen molar-refractivity contribution >= 4 is 23.2 Å². The van der Waals surface area contributed by atoms with E-state index in [9.17, 15) is 9.18 Å². The molecule has 0 aliphatic rings. The minimum atomic E-state index is -0.669. The molecule has 0 aliphatic heterocycles. The second kappa shape index (κ2) is 5.11. The van der Waals surface area contributed by atoms with Crippen molar-refractivity contribution < 1.29 is 13.9 Å². The van der Waals surface area contributed by atoms with Crippen molar-refractivity contribution in [3.8, 4) is 5.69 Å². The average Bonchev–Trinajstić information content (AvgIpc) is 2.87. The lowest BCUT2D eigenvalue weighted by atomic mass is 10.1. The standard InChI is InChI=1S/C11H9FN4O2S/c1-18-11(17)10-14-5-16(15-10)8-3-2-6(12)4-7(8)9(13)19/h2-5H,1H3,(H2,13,19). The summed E-state index contributed by atoms with van der Waals surface area (Å²) in [6, 6.07) is 3.87. The van der Waals surface area contributed by atoms with E-state index in [2.05, 4.69) is 14.8 Å². The Bertz CT molecular complexity index is 656. The summed E-state index contributed by atoms with van der Waals surface area (Å²) in [5, 5.41) is 3.92. The van der Waals surface area contributed by atoms with Crippen molar-refractivity contribution in [3.63, 3.8) is 0 Å². The summed E-state index contributed by atoms with van der Waals surface area (Å²) in [7, 11) is 1.22. The molecule has 0 radical (unpaired) electrons. The predicted molar refractivity (Wildman–Crippen MR) is 68.5 cm³/mol. The van der Waals surface area contributed by atoms with Crippen LogP contribution in [0.3, 0.4) is 0 Å². The molecule has 0 spiro atoms. The van der Waals surface area contributed by atoms with Gasteiger partial charge >= 0.3 is 5.97 Å². The van der Waals surface area contributed by atoms with Crippen molar-refractivity contribution in [2.75, 3.05) is 7.11 Å². The van der Waals surface area contributed by atoms with Gasteiger partial charge in [0.2, 0.25) is 0 Å². The van der Waals surface area contributed by atoms with Gasteiger partial charge in [-0.15, -0.1) is 5.10 Å². The number of aromatic nitrogens is 3. The minimum absolute atomic E-state index is 0.0182. The Morgan fingerprint density at radius 1 is 1.53 bits per heavy atom. The van der Waals surface area contributed by atoms with Crippen LogP contribution in [0.15, 0.2) is 24.5 Å². The molecule has 1 heterocycles. The molecule has 2 rings (SSSR count). The molecule has 2 aromatic rings. The van der Waals surface area contributed by atoms with Gasteiger partial charge in [-0.25, -0.2) is 18.9 Å². The number of halogens is 1. The first-order valence-electron chi connectivity index (χ1n) is 5.12. The fraction of sp³-hybridized carbons (Fsp3) is 0.0909. The topological polar surface area (TPSA) is 83.0 Å². The molecule has 8 heteroatoms.